The Morgan fingerprint density at radius 2 is 2.28 bits per heavy atom. The van der Waals surface area contributed by atoms with Crippen LogP contribution in [0.15, 0.2) is 11.8 Å². The Labute approximate surface area is 109 Å². The summed E-state index contributed by atoms with van der Waals surface area (Å²) in [5.41, 5.74) is -0.176. The second-order valence-electron chi connectivity index (χ2n) is 4.33. The molecule has 0 aliphatic carbocycles. The first kappa shape index (κ1) is 14.7. The summed E-state index contributed by atoms with van der Waals surface area (Å²) in [4.78, 5) is 22.3. The minimum absolute atomic E-state index is 0.176. The number of carboxylic acid groups (broad SMARTS) is 1. The summed E-state index contributed by atoms with van der Waals surface area (Å²) in [5.74, 6) is -1.19. The molecular formula is C11H19NO5Si. The molecule has 2 N–H and O–H groups in total. The van der Waals surface area contributed by atoms with Gasteiger partial charge in [0.25, 0.3) is 0 Å². The van der Waals surface area contributed by atoms with Crippen LogP contribution in [0.25, 0.3) is 0 Å². The zero-order valence-corrected chi connectivity index (χ0v) is 12.7. The first-order chi connectivity index (χ1) is 8.47. The van der Waals surface area contributed by atoms with Gasteiger partial charge in [-0.2, -0.15) is 0 Å². The van der Waals surface area contributed by atoms with Crippen molar-refractivity contribution >= 4 is 22.3 Å². The molecule has 0 aromatic rings. The van der Waals surface area contributed by atoms with Gasteiger partial charge in [-0.1, -0.05) is 0 Å². The van der Waals surface area contributed by atoms with Crippen molar-refractivity contribution in [3.8, 4) is 0 Å². The van der Waals surface area contributed by atoms with E-state index in [1.165, 1.54) is 6.08 Å². The Kier molecular flexibility index (Phi) is 5.36. The maximum absolute atomic E-state index is 11.2. The summed E-state index contributed by atoms with van der Waals surface area (Å²) in [7, 11) is 0.672. The van der Waals surface area contributed by atoms with Crippen LogP contribution >= 0.6 is 0 Å². The minimum Gasteiger partial charge on any atom is -0.477 e. The largest absolute Gasteiger partial charge is 0.477 e. The quantitative estimate of drug-likeness (QED) is 0.555. The van der Waals surface area contributed by atoms with Gasteiger partial charge in [-0.05, 0) is 32.3 Å². The predicted octanol–water partition coefficient (Wildman–Crippen LogP) is -0.0368. The van der Waals surface area contributed by atoms with Gasteiger partial charge in [-0.25, -0.2) is 9.59 Å². The first-order valence-electron chi connectivity index (χ1n) is 6.01. The molecule has 1 aliphatic heterocycles. The van der Waals surface area contributed by atoms with Gasteiger partial charge in [0.2, 0.25) is 0 Å². The van der Waals surface area contributed by atoms with Crippen molar-refractivity contribution in [2.75, 3.05) is 13.2 Å². The zero-order chi connectivity index (χ0) is 13.6. The first-order valence-corrected chi connectivity index (χ1v) is 7.01. The molecular weight excluding hydrogens is 254 g/mol. The van der Waals surface area contributed by atoms with Gasteiger partial charge in [-0.15, -0.1) is 0 Å². The molecule has 0 bridgehead atoms. The zero-order valence-electron chi connectivity index (χ0n) is 10.7. The van der Waals surface area contributed by atoms with E-state index in [0.29, 0.717) is 16.8 Å². The highest BCUT2D eigenvalue weighted by atomic mass is 28.1. The lowest BCUT2D eigenvalue weighted by molar-refractivity contribution is -0.133. The second-order valence-corrected chi connectivity index (χ2v) is 6.02. The van der Waals surface area contributed by atoms with Crippen molar-refractivity contribution in [1.29, 1.82) is 0 Å². The molecule has 0 aromatic heterocycles. The Balaban J connectivity index is 2.76. The maximum atomic E-state index is 11.2. The lowest BCUT2D eigenvalue weighted by atomic mass is 10.1. The molecule has 1 saturated heterocycles. The Morgan fingerprint density at radius 1 is 1.56 bits per heavy atom. The molecule has 1 heterocycles. The van der Waals surface area contributed by atoms with E-state index < -0.39 is 17.3 Å². The third-order valence-corrected chi connectivity index (χ3v) is 3.77. The van der Waals surface area contributed by atoms with E-state index in [1.807, 2.05) is 0 Å². The fraction of sp³-hybridized carbons (Fsp3) is 0.636. The Hall–Kier alpha value is -1.34. The number of hydrogen-bond donors (Lipinski definition) is 2. The number of ether oxygens (including phenoxy) is 2. The summed E-state index contributed by atoms with van der Waals surface area (Å²) in [6.45, 7) is 2.48. The van der Waals surface area contributed by atoms with Gasteiger partial charge in [0.1, 0.15) is 5.70 Å². The Bertz CT molecular complexity index is 349. The third-order valence-electron chi connectivity index (χ3n) is 2.69. The number of rotatable bonds is 4. The van der Waals surface area contributed by atoms with Crippen LogP contribution in [0.4, 0.5) is 4.79 Å². The topological polar surface area (TPSA) is 84.9 Å². The van der Waals surface area contributed by atoms with Crippen molar-refractivity contribution in [2.24, 2.45) is 0 Å². The summed E-state index contributed by atoms with van der Waals surface area (Å²) in [6.07, 6.45) is 3.53. The fourth-order valence-electron chi connectivity index (χ4n) is 1.80. The minimum atomic E-state index is -1.19. The molecule has 1 fully saturated rings. The van der Waals surface area contributed by atoms with Gasteiger partial charge in [0.05, 0.1) is 11.8 Å². The van der Waals surface area contributed by atoms with Crippen molar-refractivity contribution in [2.45, 2.75) is 31.4 Å². The number of hydrogen-bond acceptors (Lipinski definition) is 4. The average Bonchev–Trinajstić information content (AvgIpc) is 2.29. The van der Waals surface area contributed by atoms with Crippen molar-refractivity contribution in [3.05, 3.63) is 11.8 Å². The van der Waals surface area contributed by atoms with E-state index >= 15 is 0 Å². The number of carbonyl (C=O) groups excluding carboxylic acids is 1. The van der Waals surface area contributed by atoms with Gasteiger partial charge < -0.3 is 14.6 Å². The van der Waals surface area contributed by atoms with E-state index in [2.05, 4.69) is 10.1 Å². The van der Waals surface area contributed by atoms with Crippen LogP contribution in [-0.4, -0.2) is 45.8 Å². The van der Waals surface area contributed by atoms with E-state index in [1.54, 1.807) is 6.92 Å². The summed E-state index contributed by atoms with van der Waals surface area (Å²) >= 11 is 0. The van der Waals surface area contributed by atoms with Crippen LogP contribution in [-0.2, 0) is 14.3 Å². The number of aliphatic carboxylic acids is 1. The van der Waals surface area contributed by atoms with Crippen molar-refractivity contribution in [3.63, 3.8) is 0 Å². The molecule has 7 heteroatoms. The smallest absolute Gasteiger partial charge is 0.411 e. The monoisotopic (exact) mass is 273 g/mol. The highest BCUT2D eigenvalue weighted by Crippen LogP contribution is 2.23. The molecule has 6 nitrogen and oxygen atoms in total. The maximum Gasteiger partial charge on any atom is 0.411 e. The highest BCUT2D eigenvalue weighted by molar-refractivity contribution is 6.16. The molecule has 1 amide bonds. The molecule has 1 aliphatic rings. The van der Waals surface area contributed by atoms with E-state index in [-0.39, 0.29) is 12.3 Å². The normalized spacial score (nSPS) is 24.6. The van der Waals surface area contributed by atoms with E-state index in [9.17, 15) is 9.59 Å². The highest BCUT2D eigenvalue weighted by Gasteiger charge is 2.28. The van der Waals surface area contributed by atoms with Crippen LogP contribution in [0.1, 0.15) is 26.2 Å². The molecule has 18 heavy (non-hydrogen) atoms. The van der Waals surface area contributed by atoms with Gasteiger partial charge in [0, 0.05) is 16.8 Å². The number of nitrogens with one attached hydrogen (secondary N) is 1. The number of carboxylic acids is 1. The number of amides is 1. The van der Waals surface area contributed by atoms with Crippen molar-refractivity contribution < 1.29 is 24.2 Å². The van der Waals surface area contributed by atoms with E-state index in [0.717, 1.165) is 19.3 Å². The van der Waals surface area contributed by atoms with Crippen LogP contribution < -0.4 is 5.32 Å². The van der Waals surface area contributed by atoms with Gasteiger partial charge in [-0.3, -0.25) is 5.32 Å². The number of alkyl carbamates (subject to hydrolysis) is 1. The lowest BCUT2D eigenvalue weighted by Crippen LogP contribution is -2.38. The molecule has 102 valence electrons. The SMILES string of the molecule is CCOC(=O)NC(=CC1([SiH3])CCCCO1)C(=O)O. The Morgan fingerprint density at radius 3 is 2.78 bits per heavy atom. The molecule has 1 atom stereocenters. The molecule has 0 aromatic carbocycles. The van der Waals surface area contributed by atoms with Gasteiger partial charge in [0.15, 0.2) is 0 Å². The van der Waals surface area contributed by atoms with Crippen LogP contribution in [0.5, 0.6) is 0 Å². The molecule has 0 radical (unpaired) electrons. The summed E-state index contributed by atoms with van der Waals surface area (Å²) in [6, 6.07) is 0. The second kappa shape index (κ2) is 6.55. The van der Waals surface area contributed by atoms with Crippen LogP contribution in [0.3, 0.4) is 0 Å². The fourth-order valence-corrected chi connectivity index (χ4v) is 2.65. The molecule has 0 saturated carbocycles. The summed E-state index contributed by atoms with van der Waals surface area (Å²) < 4.78 is 10.3. The predicted molar refractivity (Wildman–Crippen MR) is 68.3 cm³/mol. The lowest BCUT2D eigenvalue weighted by Gasteiger charge is -2.31. The van der Waals surface area contributed by atoms with Crippen LogP contribution in [0.2, 0.25) is 0 Å². The average molecular weight is 273 g/mol. The van der Waals surface area contributed by atoms with Gasteiger partial charge >= 0.3 is 12.1 Å². The third kappa shape index (κ3) is 4.50. The number of carbonyl (C=O) groups is 2. The summed E-state index contributed by atoms with van der Waals surface area (Å²) in [5, 5.41) is 10.8. The standard InChI is InChI=1S/C11H19NO5Si/c1-2-16-10(15)12-8(9(13)14)7-11(18)5-3-4-6-17-11/h7H,2-6H2,1,18H3,(H,12,15)(H,13,14). The molecule has 1 unspecified atom stereocenters. The van der Waals surface area contributed by atoms with Crippen molar-refractivity contribution in [1.82, 2.24) is 5.32 Å². The molecule has 0 spiro atoms. The molecule has 1 rings (SSSR count). The van der Waals surface area contributed by atoms with E-state index in [4.69, 9.17) is 9.84 Å². The van der Waals surface area contributed by atoms with Crippen LogP contribution in [0, 0.1) is 0 Å².